The van der Waals surface area contributed by atoms with E-state index in [0.29, 0.717) is 25.6 Å². The zero-order chi connectivity index (χ0) is 13.5. The average molecular weight is 262 g/mol. The van der Waals surface area contributed by atoms with E-state index in [1.54, 1.807) is 0 Å². The van der Waals surface area contributed by atoms with Crippen molar-refractivity contribution in [1.82, 2.24) is 10.6 Å². The first-order valence-electron chi connectivity index (χ1n) is 6.99. The SMILES string of the molecule is CCOc1ccc(CNC(=O)CC2CCCN2)cc1. The molecule has 1 heterocycles. The minimum atomic E-state index is 0.119. The van der Waals surface area contributed by atoms with E-state index in [9.17, 15) is 4.79 Å². The van der Waals surface area contributed by atoms with Crippen molar-refractivity contribution < 1.29 is 9.53 Å². The summed E-state index contributed by atoms with van der Waals surface area (Å²) in [5, 5.41) is 6.29. The third kappa shape index (κ3) is 4.56. The lowest BCUT2D eigenvalue weighted by molar-refractivity contribution is -0.121. The molecule has 19 heavy (non-hydrogen) atoms. The Morgan fingerprint density at radius 2 is 2.21 bits per heavy atom. The van der Waals surface area contributed by atoms with Gasteiger partial charge in [0, 0.05) is 19.0 Å². The van der Waals surface area contributed by atoms with Gasteiger partial charge in [-0.3, -0.25) is 4.79 Å². The maximum Gasteiger partial charge on any atom is 0.221 e. The highest BCUT2D eigenvalue weighted by atomic mass is 16.5. The number of rotatable bonds is 6. The van der Waals surface area contributed by atoms with Crippen LogP contribution in [0.5, 0.6) is 5.75 Å². The molecule has 0 radical (unpaired) electrons. The number of carbonyl (C=O) groups is 1. The minimum absolute atomic E-state index is 0.119. The number of ether oxygens (including phenoxy) is 1. The molecular formula is C15H22N2O2. The van der Waals surface area contributed by atoms with Gasteiger partial charge < -0.3 is 15.4 Å². The second-order valence-corrected chi connectivity index (χ2v) is 4.85. The molecule has 0 aromatic heterocycles. The fourth-order valence-electron chi connectivity index (χ4n) is 2.30. The van der Waals surface area contributed by atoms with Gasteiger partial charge in [0.1, 0.15) is 5.75 Å². The first-order valence-corrected chi connectivity index (χ1v) is 6.99. The van der Waals surface area contributed by atoms with Gasteiger partial charge in [0.2, 0.25) is 5.91 Å². The highest BCUT2D eigenvalue weighted by molar-refractivity contribution is 5.76. The molecule has 1 saturated heterocycles. The number of hydrogen-bond acceptors (Lipinski definition) is 3. The van der Waals surface area contributed by atoms with Crippen molar-refractivity contribution in [3.63, 3.8) is 0 Å². The van der Waals surface area contributed by atoms with E-state index in [1.165, 1.54) is 6.42 Å². The number of hydrogen-bond donors (Lipinski definition) is 2. The van der Waals surface area contributed by atoms with Crippen LogP contribution in [0.2, 0.25) is 0 Å². The number of benzene rings is 1. The lowest BCUT2D eigenvalue weighted by atomic mass is 10.1. The van der Waals surface area contributed by atoms with Gasteiger partial charge in [0.25, 0.3) is 0 Å². The molecular weight excluding hydrogens is 240 g/mol. The first kappa shape index (κ1) is 13.9. The van der Waals surface area contributed by atoms with Gasteiger partial charge in [0.05, 0.1) is 6.61 Å². The topological polar surface area (TPSA) is 50.4 Å². The number of carbonyl (C=O) groups excluding carboxylic acids is 1. The Morgan fingerprint density at radius 1 is 1.42 bits per heavy atom. The van der Waals surface area contributed by atoms with Crippen molar-refractivity contribution in [2.24, 2.45) is 0 Å². The summed E-state index contributed by atoms with van der Waals surface area (Å²) < 4.78 is 5.38. The Morgan fingerprint density at radius 3 is 2.84 bits per heavy atom. The van der Waals surface area contributed by atoms with Crippen LogP contribution >= 0.6 is 0 Å². The van der Waals surface area contributed by atoms with Crippen molar-refractivity contribution in [2.45, 2.75) is 38.8 Å². The molecule has 1 fully saturated rings. The largest absolute Gasteiger partial charge is 0.494 e. The molecule has 1 amide bonds. The molecule has 1 aliphatic rings. The smallest absolute Gasteiger partial charge is 0.221 e. The van der Waals surface area contributed by atoms with E-state index in [4.69, 9.17) is 4.74 Å². The molecule has 2 rings (SSSR count). The molecule has 1 aliphatic heterocycles. The van der Waals surface area contributed by atoms with Gasteiger partial charge >= 0.3 is 0 Å². The van der Waals surface area contributed by atoms with Crippen molar-refractivity contribution in [2.75, 3.05) is 13.2 Å². The average Bonchev–Trinajstić information content (AvgIpc) is 2.91. The fraction of sp³-hybridized carbons (Fsp3) is 0.533. The van der Waals surface area contributed by atoms with E-state index >= 15 is 0 Å². The third-order valence-corrected chi connectivity index (χ3v) is 3.32. The van der Waals surface area contributed by atoms with Gasteiger partial charge in [0.15, 0.2) is 0 Å². The summed E-state index contributed by atoms with van der Waals surface area (Å²) in [6.07, 6.45) is 2.87. The van der Waals surface area contributed by atoms with Crippen molar-refractivity contribution in [1.29, 1.82) is 0 Å². The molecule has 1 unspecified atom stereocenters. The molecule has 0 saturated carbocycles. The van der Waals surface area contributed by atoms with Gasteiger partial charge in [-0.05, 0) is 44.0 Å². The Hall–Kier alpha value is -1.55. The van der Waals surface area contributed by atoms with Crippen LogP contribution in [0, 0.1) is 0 Å². The van der Waals surface area contributed by atoms with Crippen LogP contribution < -0.4 is 15.4 Å². The van der Waals surface area contributed by atoms with E-state index in [0.717, 1.165) is 24.3 Å². The van der Waals surface area contributed by atoms with Crippen LogP contribution in [0.1, 0.15) is 31.7 Å². The van der Waals surface area contributed by atoms with Crippen molar-refractivity contribution in [3.8, 4) is 5.75 Å². The molecule has 0 spiro atoms. The van der Waals surface area contributed by atoms with Crippen LogP contribution in [0.15, 0.2) is 24.3 Å². The molecule has 1 aromatic carbocycles. The Balaban J connectivity index is 1.73. The predicted octanol–water partition coefficient (Wildman–Crippen LogP) is 1.84. The second-order valence-electron chi connectivity index (χ2n) is 4.85. The minimum Gasteiger partial charge on any atom is -0.494 e. The lowest BCUT2D eigenvalue weighted by Gasteiger charge is -2.10. The fourth-order valence-corrected chi connectivity index (χ4v) is 2.30. The third-order valence-electron chi connectivity index (χ3n) is 3.32. The van der Waals surface area contributed by atoms with Crippen LogP contribution in [0.4, 0.5) is 0 Å². The first-order chi connectivity index (χ1) is 9.28. The molecule has 1 aromatic rings. The van der Waals surface area contributed by atoms with Crippen LogP contribution in [-0.4, -0.2) is 25.1 Å². The molecule has 0 aliphatic carbocycles. The van der Waals surface area contributed by atoms with E-state index in [-0.39, 0.29) is 5.91 Å². The molecule has 1 atom stereocenters. The molecule has 4 nitrogen and oxygen atoms in total. The monoisotopic (exact) mass is 262 g/mol. The van der Waals surface area contributed by atoms with Gasteiger partial charge in [-0.2, -0.15) is 0 Å². The van der Waals surface area contributed by atoms with Crippen LogP contribution in [-0.2, 0) is 11.3 Å². The van der Waals surface area contributed by atoms with Crippen LogP contribution in [0.25, 0.3) is 0 Å². The summed E-state index contributed by atoms with van der Waals surface area (Å²) in [6.45, 7) is 4.25. The zero-order valence-corrected chi connectivity index (χ0v) is 11.4. The predicted molar refractivity (Wildman–Crippen MR) is 75.1 cm³/mol. The van der Waals surface area contributed by atoms with Gasteiger partial charge in [-0.25, -0.2) is 0 Å². The highest BCUT2D eigenvalue weighted by Crippen LogP contribution is 2.12. The number of nitrogens with one attached hydrogen (secondary N) is 2. The summed E-state index contributed by atoms with van der Waals surface area (Å²) >= 11 is 0. The summed E-state index contributed by atoms with van der Waals surface area (Å²) in [5.74, 6) is 0.987. The van der Waals surface area contributed by atoms with Crippen LogP contribution in [0.3, 0.4) is 0 Å². The van der Waals surface area contributed by atoms with E-state index in [1.807, 2.05) is 31.2 Å². The number of amides is 1. The molecule has 104 valence electrons. The normalized spacial score (nSPS) is 18.3. The maximum absolute atomic E-state index is 11.8. The second kappa shape index (κ2) is 7.14. The lowest BCUT2D eigenvalue weighted by Crippen LogP contribution is -2.31. The molecule has 4 heteroatoms. The molecule has 0 bridgehead atoms. The van der Waals surface area contributed by atoms with Crippen molar-refractivity contribution in [3.05, 3.63) is 29.8 Å². The summed E-state index contributed by atoms with van der Waals surface area (Å²) in [5.41, 5.74) is 1.09. The quantitative estimate of drug-likeness (QED) is 0.822. The highest BCUT2D eigenvalue weighted by Gasteiger charge is 2.17. The molecule has 2 N–H and O–H groups in total. The van der Waals surface area contributed by atoms with E-state index < -0.39 is 0 Å². The standard InChI is InChI=1S/C15H22N2O2/c1-2-19-14-7-5-12(6-8-14)11-17-15(18)10-13-4-3-9-16-13/h5-8,13,16H,2-4,9-11H2,1H3,(H,17,18). The Kier molecular flexibility index (Phi) is 5.21. The Bertz CT molecular complexity index is 397. The van der Waals surface area contributed by atoms with Gasteiger partial charge in [-0.1, -0.05) is 12.1 Å². The van der Waals surface area contributed by atoms with Crippen molar-refractivity contribution >= 4 is 5.91 Å². The maximum atomic E-state index is 11.8. The summed E-state index contributed by atoms with van der Waals surface area (Å²) in [7, 11) is 0. The Labute approximate surface area is 114 Å². The van der Waals surface area contributed by atoms with Gasteiger partial charge in [-0.15, -0.1) is 0 Å². The summed E-state index contributed by atoms with van der Waals surface area (Å²) in [4.78, 5) is 11.8. The summed E-state index contributed by atoms with van der Waals surface area (Å²) in [6, 6.07) is 8.20. The van der Waals surface area contributed by atoms with E-state index in [2.05, 4.69) is 10.6 Å². The zero-order valence-electron chi connectivity index (χ0n) is 11.4.